The van der Waals surface area contributed by atoms with Gasteiger partial charge in [0.2, 0.25) is 0 Å². The number of aryl methyl sites for hydroxylation is 1. The monoisotopic (exact) mass is 417 g/mol. The first-order valence-corrected chi connectivity index (χ1v) is 10.7. The molecule has 0 saturated carbocycles. The van der Waals surface area contributed by atoms with Crippen LogP contribution in [0.15, 0.2) is 41.3 Å². The van der Waals surface area contributed by atoms with Gasteiger partial charge in [-0.3, -0.25) is 9.00 Å². The molecule has 0 aliphatic carbocycles. The van der Waals surface area contributed by atoms with Crippen molar-refractivity contribution in [3.8, 4) is 0 Å². The van der Waals surface area contributed by atoms with Gasteiger partial charge < -0.3 is 9.67 Å². The first-order valence-electron chi connectivity index (χ1n) is 9.37. The molecule has 2 aromatic carbocycles. The number of hydrogen-bond acceptors (Lipinski definition) is 2. The second-order valence-corrected chi connectivity index (χ2v) is 9.11. The van der Waals surface area contributed by atoms with E-state index >= 15 is 0 Å². The third-order valence-electron chi connectivity index (χ3n) is 5.57. The molecule has 0 saturated heterocycles. The zero-order valence-corrected chi connectivity index (χ0v) is 17.0. The van der Waals surface area contributed by atoms with Gasteiger partial charge in [0.1, 0.15) is 6.54 Å². The minimum atomic E-state index is -2.98. The molecule has 1 N–H and O–H groups in total. The summed E-state index contributed by atoms with van der Waals surface area (Å²) < 4.78 is 42.7. The minimum Gasteiger partial charge on any atom is -0.480 e. The third kappa shape index (κ3) is 3.48. The first kappa shape index (κ1) is 19.8. The molecule has 0 radical (unpaired) electrons. The van der Waals surface area contributed by atoms with Crippen LogP contribution in [0.1, 0.15) is 34.4 Å². The zero-order chi connectivity index (χ0) is 20.9. The molecule has 4 rings (SSSR count). The second-order valence-electron chi connectivity index (χ2n) is 7.58. The van der Waals surface area contributed by atoms with Crippen molar-refractivity contribution in [2.24, 2.45) is 0 Å². The van der Waals surface area contributed by atoms with Gasteiger partial charge in [0.15, 0.2) is 0 Å². The van der Waals surface area contributed by atoms with Crippen molar-refractivity contribution in [2.75, 3.05) is 5.75 Å². The van der Waals surface area contributed by atoms with Crippen molar-refractivity contribution in [3.05, 3.63) is 64.3 Å². The van der Waals surface area contributed by atoms with E-state index in [0.717, 1.165) is 27.7 Å². The normalized spacial score (nSPS) is 18.0. The van der Waals surface area contributed by atoms with Crippen LogP contribution in [0.25, 0.3) is 10.9 Å². The Kier molecular flexibility index (Phi) is 4.81. The predicted molar refractivity (Wildman–Crippen MR) is 108 cm³/mol. The van der Waals surface area contributed by atoms with Gasteiger partial charge in [0.05, 0.1) is 10.8 Å². The van der Waals surface area contributed by atoms with Crippen molar-refractivity contribution in [1.82, 2.24) is 4.57 Å². The van der Waals surface area contributed by atoms with E-state index in [0.29, 0.717) is 12.0 Å². The molecule has 1 aromatic heterocycles. The zero-order valence-electron chi connectivity index (χ0n) is 16.2. The van der Waals surface area contributed by atoms with Gasteiger partial charge in [-0.1, -0.05) is 17.7 Å². The number of carbonyl (C=O) groups is 1. The molecule has 29 heavy (non-hydrogen) atoms. The van der Waals surface area contributed by atoms with Crippen molar-refractivity contribution < 1.29 is 22.9 Å². The van der Waals surface area contributed by atoms with E-state index in [1.807, 2.05) is 32.0 Å². The highest BCUT2D eigenvalue weighted by atomic mass is 32.2. The van der Waals surface area contributed by atoms with Crippen LogP contribution in [0.3, 0.4) is 0 Å². The maximum absolute atomic E-state index is 14.4. The lowest BCUT2D eigenvalue weighted by Crippen LogP contribution is -2.25. The standard InChI is InChI=1S/C22H21F2NO3S/c1-13-3-5-19-17(9-13)16(14(2)25(19)12-21(26)27)10-15-4-6-20-18(11-15)22(23,24)7-8-29(20)28/h3-6,9,11H,7-8,10,12H2,1-2H3,(H,26,27)/t29-/m0/s1. The fourth-order valence-corrected chi connectivity index (χ4v) is 5.40. The first-order chi connectivity index (χ1) is 13.7. The summed E-state index contributed by atoms with van der Waals surface area (Å²) in [5, 5.41) is 10.2. The SMILES string of the molecule is Cc1ccc2c(c1)c(Cc1ccc3c(c1)C(F)(F)CC[S@@]3=O)c(C)n2CC(=O)O. The highest BCUT2D eigenvalue weighted by Gasteiger charge is 2.39. The molecule has 152 valence electrons. The maximum Gasteiger partial charge on any atom is 0.323 e. The Morgan fingerprint density at radius 2 is 1.97 bits per heavy atom. The Labute approximate surface area is 169 Å². The molecule has 0 unspecified atom stereocenters. The van der Waals surface area contributed by atoms with Gasteiger partial charge in [-0.15, -0.1) is 0 Å². The van der Waals surface area contributed by atoms with E-state index in [-0.39, 0.29) is 22.8 Å². The number of carboxylic acid groups (broad SMARTS) is 1. The number of benzene rings is 2. The molecule has 1 aliphatic heterocycles. The van der Waals surface area contributed by atoms with Crippen LogP contribution < -0.4 is 0 Å². The molecular formula is C22H21F2NO3S. The summed E-state index contributed by atoms with van der Waals surface area (Å²) in [7, 11) is -1.40. The Morgan fingerprint density at radius 3 is 2.69 bits per heavy atom. The number of carboxylic acids is 1. The average molecular weight is 417 g/mol. The van der Waals surface area contributed by atoms with E-state index in [1.165, 1.54) is 6.07 Å². The summed E-state index contributed by atoms with van der Waals surface area (Å²) in [5.74, 6) is -3.95. The highest BCUT2D eigenvalue weighted by molar-refractivity contribution is 7.85. The van der Waals surface area contributed by atoms with E-state index in [4.69, 9.17) is 0 Å². The highest BCUT2D eigenvalue weighted by Crippen LogP contribution is 2.41. The molecule has 0 fully saturated rings. The number of alkyl halides is 2. The van der Waals surface area contributed by atoms with Crippen molar-refractivity contribution >= 4 is 27.7 Å². The van der Waals surface area contributed by atoms with Crippen LogP contribution >= 0.6 is 0 Å². The smallest absolute Gasteiger partial charge is 0.323 e. The van der Waals surface area contributed by atoms with Crippen LogP contribution in [0.4, 0.5) is 8.78 Å². The third-order valence-corrected chi connectivity index (χ3v) is 6.99. The van der Waals surface area contributed by atoms with Crippen LogP contribution in [0, 0.1) is 13.8 Å². The lowest BCUT2D eigenvalue weighted by Gasteiger charge is -2.25. The number of aliphatic carboxylic acids is 1. The van der Waals surface area contributed by atoms with Gasteiger partial charge in [0, 0.05) is 39.2 Å². The topological polar surface area (TPSA) is 59.3 Å². The average Bonchev–Trinajstić information content (AvgIpc) is 2.90. The molecule has 1 aliphatic rings. The minimum absolute atomic E-state index is 0.0274. The molecule has 1 atom stereocenters. The molecule has 2 heterocycles. The molecular weight excluding hydrogens is 396 g/mol. The van der Waals surface area contributed by atoms with Crippen molar-refractivity contribution in [1.29, 1.82) is 0 Å². The number of hydrogen-bond donors (Lipinski definition) is 1. The Balaban J connectivity index is 1.83. The largest absolute Gasteiger partial charge is 0.480 e. The van der Waals surface area contributed by atoms with Crippen LogP contribution in [-0.4, -0.2) is 25.6 Å². The van der Waals surface area contributed by atoms with Crippen molar-refractivity contribution in [3.63, 3.8) is 0 Å². The summed E-state index contributed by atoms with van der Waals surface area (Å²) in [5.41, 5.74) is 4.13. The molecule has 0 spiro atoms. The second kappa shape index (κ2) is 7.06. The molecule has 0 bridgehead atoms. The fourth-order valence-electron chi connectivity index (χ4n) is 4.07. The predicted octanol–water partition coefficient (Wildman–Crippen LogP) is 4.54. The number of halogens is 2. The van der Waals surface area contributed by atoms with Gasteiger partial charge in [-0.2, -0.15) is 0 Å². The Morgan fingerprint density at radius 1 is 1.21 bits per heavy atom. The summed E-state index contributed by atoms with van der Waals surface area (Å²) in [6.07, 6.45) is -0.0133. The number of nitrogens with zero attached hydrogens (tertiary/aromatic N) is 1. The summed E-state index contributed by atoms with van der Waals surface area (Å²) >= 11 is 0. The van der Waals surface area contributed by atoms with Gasteiger partial charge in [0.25, 0.3) is 5.92 Å². The van der Waals surface area contributed by atoms with Crippen molar-refractivity contribution in [2.45, 2.75) is 44.1 Å². The van der Waals surface area contributed by atoms with Gasteiger partial charge in [-0.05, 0) is 55.7 Å². The number of aromatic nitrogens is 1. The Hall–Kier alpha value is -2.54. The van der Waals surface area contributed by atoms with E-state index in [9.17, 15) is 22.9 Å². The van der Waals surface area contributed by atoms with Crippen LogP contribution in [0.5, 0.6) is 0 Å². The lowest BCUT2D eigenvalue weighted by molar-refractivity contribution is -0.137. The molecule has 3 aromatic rings. The Bertz CT molecular complexity index is 1170. The van der Waals surface area contributed by atoms with Crippen LogP contribution in [-0.2, 0) is 34.5 Å². The molecule has 7 heteroatoms. The summed E-state index contributed by atoms with van der Waals surface area (Å²) in [6.45, 7) is 3.66. The summed E-state index contributed by atoms with van der Waals surface area (Å²) in [6, 6.07) is 10.6. The lowest BCUT2D eigenvalue weighted by atomic mass is 9.97. The maximum atomic E-state index is 14.4. The number of fused-ring (bicyclic) bond motifs is 2. The van der Waals surface area contributed by atoms with Crippen LogP contribution in [0.2, 0.25) is 0 Å². The van der Waals surface area contributed by atoms with E-state index in [2.05, 4.69) is 0 Å². The number of rotatable bonds is 4. The molecule has 4 nitrogen and oxygen atoms in total. The quantitative estimate of drug-likeness (QED) is 0.678. The fraction of sp³-hybridized carbons (Fsp3) is 0.318. The molecule has 0 amide bonds. The summed E-state index contributed by atoms with van der Waals surface area (Å²) in [4.78, 5) is 11.5. The van der Waals surface area contributed by atoms with Gasteiger partial charge in [-0.25, -0.2) is 8.78 Å². The van der Waals surface area contributed by atoms with E-state index < -0.39 is 29.1 Å². The van der Waals surface area contributed by atoms with Gasteiger partial charge >= 0.3 is 5.97 Å². The van der Waals surface area contributed by atoms with E-state index in [1.54, 1.807) is 16.7 Å².